The Morgan fingerprint density at radius 3 is 2.65 bits per heavy atom. The van der Waals surface area contributed by atoms with E-state index in [4.69, 9.17) is 4.84 Å². The molecule has 0 aromatic heterocycles. The summed E-state index contributed by atoms with van der Waals surface area (Å²) in [5, 5.41) is 2.09. The van der Waals surface area contributed by atoms with Gasteiger partial charge in [0.2, 0.25) is 5.91 Å². The van der Waals surface area contributed by atoms with Crippen molar-refractivity contribution in [2.75, 3.05) is 18.7 Å². The summed E-state index contributed by atoms with van der Waals surface area (Å²) >= 11 is 0. The maximum atomic E-state index is 12.4. The van der Waals surface area contributed by atoms with E-state index in [1.54, 1.807) is 5.57 Å². The van der Waals surface area contributed by atoms with Gasteiger partial charge in [0.1, 0.15) is 6.10 Å². The molecule has 1 saturated heterocycles. The summed E-state index contributed by atoms with van der Waals surface area (Å²) in [5.74, 6) is 2.57. The predicted octanol–water partition coefficient (Wildman–Crippen LogP) is 5.21. The maximum absolute atomic E-state index is 12.4. The summed E-state index contributed by atoms with van der Waals surface area (Å²) in [6, 6.07) is 11.0. The number of para-hydroxylation sites is 1. The van der Waals surface area contributed by atoms with Gasteiger partial charge in [-0.3, -0.25) is 9.63 Å². The lowest BCUT2D eigenvalue weighted by molar-refractivity contribution is -0.156. The SMILES string of the molecule is CN1C(=O)CC[C@@]2(C)C1CC[C@@H]1[C@@H]2CC[C@]2(C)C3=CCN(c4ccccc4)O[C@@H]3C[C@@H]12. The average Bonchev–Trinajstić information content (AvgIpc) is 3.09. The van der Waals surface area contributed by atoms with Gasteiger partial charge in [0.15, 0.2) is 0 Å². The largest absolute Gasteiger partial charge is 0.342 e. The van der Waals surface area contributed by atoms with E-state index in [1.165, 1.54) is 25.7 Å². The van der Waals surface area contributed by atoms with Gasteiger partial charge in [0.05, 0.1) is 12.2 Å². The average molecular weight is 421 g/mol. The molecule has 5 aliphatic rings. The second-order valence-electron chi connectivity index (χ2n) is 11.3. The molecular formula is C27H36N2O2. The van der Waals surface area contributed by atoms with E-state index in [9.17, 15) is 4.79 Å². The Morgan fingerprint density at radius 1 is 1.03 bits per heavy atom. The fourth-order valence-corrected chi connectivity index (χ4v) is 8.59. The Hall–Kier alpha value is -1.81. The quantitative estimate of drug-likeness (QED) is 0.585. The van der Waals surface area contributed by atoms with Crippen LogP contribution in [-0.4, -0.2) is 36.5 Å². The van der Waals surface area contributed by atoms with Gasteiger partial charge >= 0.3 is 0 Å². The van der Waals surface area contributed by atoms with Crippen LogP contribution in [0.4, 0.5) is 5.69 Å². The molecule has 7 atom stereocenters. The number of carbonyl (C=O) groups is 1. The van der Waals surface area contributed by atoms with E-state index in [2.05, 4.69) is 67.3 Å². The number of hydrogen-bond donors (Lipinski definition) is 0. The van der Waals surface area contributed by atoms with Crippen LogP contribution >= 0.6 is 0 Å². The molecule has 3 aliphatic carbocycles. The first kappa shape index (κ1) is 19.8. The lowest BCUT2D eigenvalue weighted by atomic mass is 9.47. The highest BCUT2D eigenvalue weighted by molar-refractivity contribution is 5.77. The van der Waals surface area contributed by atoms with Gasteiger partial charge in [-0.2, -0.15) is 0 Å². The second-order valence-corrected chi connectivity index (χ2v) is 11.3. The Morgan fingerprint density at radius 2 is 1.84 bits per heavy atom. The zero-order valence-corrected chi connectivity index (χ0v) is 19.2. The van der Waals surface area contributed by atoms with Gasteiger partial charge in [0, 0.05) is 19.5 Å². The van der Waals surface area contributed by atoms with E-state index < -0.39 is 0 Å². The third-order valence-corrected chi connectivity index (χ3v) is 10.2. The van der Waals surface area contributed by atoms with Crippen LogP contribution in [0.25, 0.3) is 0 Å². The van der Waals surface area contributed by atoms with E-state index in [-0.39, 0.29) is 16.9 Å². The van der Waals surface area contributed by atoms with Crippen molar-refractivity contribution in [1.82, 2.24) is 4.90 Å². The van der Waals surface area contributed by atoms with Crippen LogP contribution in [0, 0.1) is 28.6 Å². The molecule has 0 bridgehead atoms. The van der Waals surface area contributed by atoms with Crippen LogP contribution in [0.15, 0.2) is 42.0 Å². The molecule has 166 valence electrons. The molecule has 31 heavy (non-hydrogen) atoms. The van der Waals surface area contributed by atoms with E-state index in [0.717, 1.165) is 43.3 Å². The molecule has 0 radical (unpaired) electrons. The van der Waals surface area contributed by atoms with Gasteiger partial charge in [0.25, 0.3) is 0 Å². The van der Waals surface area contributed by atoms with Gasteiger partial charge in [-0.1, -0.05) is 38.1 Å². The zero-order chi connectivity index (χ0) is 21.4. The summed E-state index contributed by atoms with van der Waals surface area (Å²) in [5.41, 5.74) is 3.30. The Balaban J connectivity index is 1.28. The number of amides is 1. The zero-order valence-electron chi connectivity index (χ0n) is 19.2. The number of nitrogens with zero attached hydrogens (tertiary/aromatic N) is 2. The molecule has 4 fully saturated rings. The number of hydrogen-bond acceptors (Lipinski definition) is 3. The normalized spacial score (nSPS) is 44.2. The predicted molar refractivity (Wildman–Crippen MR) is 122 cm³/mol. The Labute approximate surface area is 186 Å². The minimum absolute atomic E-state index is 0.226. The molecule has 0 spiro atoms. The van der Waals surface area contributed by atoms with Crippen LogP contribution in [0.5, 0.6) is 0 Å². The molecule has 2 heterocycles. The smallest absolute Gasteiger partial charge is 0.222 e. The van der Waals surface area contributed by atoms with Crippen molar-refractivity contribution in [3.05, 3.63) is 42.0 Å². The van der Waals surface area contributed by atoms with E-state index >= 15 is 0 Å². The number of benzene rings is 1. The highest BCUT2D eigenvalue weighted by Crippen LogP contribution is 2.66. The van der Waals surface area contributed by atoms with Crippen LogP contribution in [0.1, 0.15) is 58.8 Å². The number of fused-ring (bicyclic) bond motifs is 7. The lowest BCUT2D eigenvalue weighted by Crippen LogP contribution is -2.61. The Kier molecular flexibility index (Phi) is 4.38. The summed E-state index contributed by atoms with van der Waals surface area (Å²) in [7, 11) is 2.05. The summed E-state index contributed by atoms with van der Waals surface area (Å²) in [6.45, 7) is 5.89. The van der Waals surface area contributed by atoms with Crippen molar-refractivity contribution >= 4 is 11.6 Å². The topological polar surface area (TPSA) is 32.8 Å². The maximum Gasteiger partial charge on any atom is 0.222 e. The molecule has 3 saturated carbocycles. The summed E-state index contributed by atoms with van der Waals surface area (Å²) < 4.78 is 0. The molecule has 1 aromatic rings. The van der Waals surface area contributed by atoms with E-state index in [0.29, 0.717) is 17.9 Å². The molecule has 0 N–H and O–H groups in total. The number of anilines is 1. The highest BCUT2D eigenvalue weighted by atomic mass is 16.7. The first-order chi connectivity index (χ1) is 14.9. The van der Waals surface area contributed by atoms with Gasteiger partial charge in [-0.05, 0) is 84.8 Å². The number of piperidine rings is 1. The fraction of sp³-hybridized carbons (Fsp3) is 0.667. The standard InChI is InChI=1S/C27H36N2O2/c1-26-14-11-20-19(9-10-24-27(20,2)15-12-25(30)28(24)3)22(26)17-23-21(26)13-16-29(31-23)18-7-5-4-6-8-18/h4-8,13,19-20,22-24H,9-12,14-17H2,1-3H3/t19-,20+,22+,23-,24?,26-,27-/m1/s1. The van der Waals surface area contributed by atoms with Crippen LogP contribution in [-0.2, 0) is 9.63 Å². The third-order valence-electron chi connectivity index (χ3n) is 10.2. The molecule has 4 heteroatoms. The molecule has 4 nitrogen and oxygen atoms in total. The molecule has 1 unspecified atom stereocenters. The number of carbonyl (C=O) groups excluding carboxylic acids is 1. The minimum atomic E-state index is 0.226. The molecule has 1 aromatic carbocycles. The minimum Gasteiger partial charge on any atom is -0.342 e. The molecule has 6 rings (SSSR count). The molecule has 2 aliphatic heterocycles. The highest BCUT2D eigenvalue weighted by Gasteiger charge is 2.62. The van der Waals surface area contributed by atoms with Crippen molar-refractivity contribution in [1.29, 1.82) is 0 Å². The van der Waals surface area contributed by atoms with Crippen LogP contribution in [0.2, 0.25) is 0 Å². The van der Waals surface area contributed by atoms with Crippen molar-refractivity contribution in [3.63, 3.8) is 0 Å². The van der Waals surface area contributed by atoms with Crippen molar-refractivity contribution in [2.45, 2.75) is 70.9 Å². The first-order valence-electron chi connectivity index (χ1n) is 12.4. The Bertz CT molecular complexity index is 913. The molecular weight excluding hydrogens is 384 g/mol. The van der Waals surface area contributed by atoms with Crippen LogP contribution < -0.4 is 5.06 Å². The van der Waals surface area contributed by atoms with Crippen molar-refractivity contribution < 1.29 is 9.63 Å². The number of hydroxylamine groups is 1. The van der Waals surface area contributed by atoms with Crippen molar-refractivity contribution in [3.8, 4) is 0 Å². The molecule has 1 amide bonds. The van der Waals surface area contributed by atoms with Crippen LogP contribution in [0.3, 0.4) is 0 Å². The first-order valence-corrected chi connectivity index (χ1v) is 12.4. The van der Waals surface area contributed by atoms with E-state index in [1.807, 2.05) is 0 Å². The number of likely N-dealkylation sites (tertiary alicyclic amines) is 1. The summed E-state index contributed by atoms with van der Waals surface area (Å²) in [6.07, 6.45) is 10.7. The number of rotatable bonds is 1. The van der Waals surface area contributed by atoms with Gasteiger partial charge in [-0.15, -0.1) is 0 Å². The van der Waals surface area contributed by atoms with Gasteiger partial charge < -0.3 is 4.90 Å². The monoisotopic (exact) mass is 420 g/mol. The van der Waals surface area contributed by atoms with Crippen molar-refractivity contribution in [2.24, 2.45) is 28.6 Å². The summed E-state index contributed by atoms with van der Waals surface area (Å²) in [4.78, 5) is 21.1. The van der Waals surface area contributed by atoms with Gasteiger partial charge in [-0.25, -0.2) is 5.06 Å². The fourth-order valence-electron chi connectivity index (χ4n) is 8.59. The lowest BCUT2D eigenvalue weighted by Gasteiger charge is -2.61. The second kappa shape index (κ2) is 6.84. The third kappa shape index (κ3) is 2.73.